The highest BCUT2D eigenvalue weighted by atomic mass is 35.5. The summed E-state index contributed by atoms with van der Waals surface area (Å²) in [6, 6.07) is 16.2. The van der Waals surface area contributed by atoms with E-state index < -0.39 is 0 Å². The Balaban J connectivity index is 1.53. The smallest absolute Gasteiger partial charge is 0.251 e. The molecule has 1 aromatic heterocycles. The number of pyridine rings is 1. The van der Waals surface area contributed by atoms with Gasteiger partial charge in [-0.1, -0.05) is 29.8 Å². The second kappa shape index (κ2) is 9.69. The predicted octanol–water partition coefficient (Wildman–Crippen LogP) is 6.53. The standard InChI is InChI=1S/C28H28ClN3O3/c1-27(2)14-20(15-28(3,4)35-27)32-26(33)18-10-11-25(23(29)13-18)34-24-9-5-8-21(22(24)16-30)19-7-6-12-31-17-19/h5-13,17,20H,14-15H2,1-4H3,(H,32,33). The number of carbonyl (C=O) groups excluding carboxylic acids is 1. The van der Waals surface area contributed by atoms with Crippen LogP contribution in [-0.4, -0.2) is 28.1 Å². The van der Waals surface area contributed by atoms with Gasteiger partial charge in [-0.2, -0.15) is 5.26 Å². The first-order valence-corrected chi connectivity index (χ1v) is 11.9. The quantitative estimate of drug-likeness (QED) is 0.440. The summed E-state index contributed by atoms with van der Waals surface area (Å²) in [5, 5.41) is 13.2. The number of rotatable bonds is 5. The average molecular weight is 490 g/mol. The summed E-state index contributed by atoms with van der Waals surface area (Å²) in [7, 11) is 0. The number of hydrogen-bond acceptors (Lipinski definition) is 5. The molecular weight excluding hydrogens is 462 g/mol. The van der Waals surface area contributed by atoms with E-state index >= 15 is 0 Å². The van der Waals surface area contributed by atoms with Crippen LogP contribution in [0.25, 0.3) is 11.1 Å². The minimum atomic E-state index is -0.322. The van der Waals surface area contributed by atoms with Crippen molar-refractivity contribution in [1.82, 2.24) is 10.3 Å². The Labute approximate surface area is 210 Å². The zero-order valence-corrected chi connectivity index (χ0v) is 21.0. The number of aromatic nitrogens is 1. The summed E-state index contributed by atoms with van der Waals surface area (Å²) in [5.41, 5.74) is 1.70. The van der Waals surface area contributed by atoms with Crippen molar-refractivity contribution in [3.8, 4) is 28.7 Å². The third-order valence-electron chi connectivity index (χ3n) is 5.89. The summed E-state index contributed by atoms with van der Waals surface area (Å²) >= 11 is 6.49. The van der Waals surface area contributed by atoms with Crippen LogP contribution >= 0.6 is 11.6 Å². The van der Waals surface area contributed by atoms with Gasteiger partial charge in [0.05, 0.1) is 16.2 Å². The third-order valence-corrected chi connectivity index (χ3v) is 6.18. The summed E-state index contributed by atoms with van der Waals surface area (Å²) in [6.07, 6.45) is 4.82. The first-order valence-electron chi connectivity index (χ1n) is 11.5. The minimum Gasteiger partial charge on any atom is -0.454 e. The molecule has 1 saturated heterocycles. The topological polar surface area (TPSA) is 84.2 Å². The number of nitrogens with one attached hydrogen (secondary N) is 1. The molecule has 0 spiro atoms. The summed E-state index contributed by atoms with van der Waals surface area (Å²) in [5.74, 6) is 0.532. The molecule has 35 heavy (non-hydrogen) atoms. The number of ether oxygens (including phenoxy) is 2. The lowest BCUT2D eigenvalue weighted by Crippen LogP contribution is -2.52. The Bertz CT molecular complexity index is 1270. The highest BCUT2D eigenvalue weighted by molar-refractivity contribution is 6.32. The predicted molar refractivity (Wildman–Crippen MR) is 136 cm³/mol. The molecule has 0 unspecified atom stereocenters. The second-order valence-corrected chi connectivity index (χ2v) is 10.4. The molecule has 1 fully saturated rings. The Morgan fingerprint density at radius 2 is 1.86 bits per heavy atom. The van der Waals surface area contributed by atoms with Crippen LogP contribution < -0.4 is 10.1 Å². The lowest BCUT2D eigenvalue weighted by molar-refractivity contribution is -0.162. The van der Waals surface area contributed by atoms with Gasteiger partial charge < -0.3 is 14.8 Å². The normalized spacial score (nSPS) is 16.8. The van der Waals surface area contributed by atoms with E-state index in [1.54, 1.807) is 36.7 Å². The van der Waals surface area contributed by atoms with E-state index in [-0.39, 0.29) is 28.2 Å². The molecule has 0 bridgehead atoms. The maximum Gasteiger partial charge on any atom is 0.251 e. The lowest BCUT2D eigenvalue weighted by atomic mass is 9.85. The number of nitriles is 1. The average Bonchev–Trinajstić information content (AvgIpc) is 2.78. The Kier molecular flexibility index (Phi) is 6.84. The van der Waals surface area contributed by atoms with Crippen LogP contribution in [0.1, 0.15) is 56.5 Å². The van der Waals surface area contributed by atoms with Crippen molar-refractivity contribution >= 4 is 17.5 Å². The van der Waals surface area contributed by atoms with Crippen LogP contribution in [0.2, 0.25) is 5.02 Å². The van der Waals surface area contributed by atoms with Crippen molar-refractivity contribution in [2.24, 2.45) is 0 Å². The van der Waals surface area contributed by atoms with Gasteiger partial charge in [-0.25, -0.2) is 0 Å². The van der Waals surface area contributed by atoms with Gasteiger partial charge >= 0.3 is 0 Å². The highest BCUT2D eigenvalue weighted by Gasteiger charge is 2.39. The van der Waals surface area contributed by atoms with E-state index in [9.17, 15) is 10.1 Å². The second-order valence-electron chi connectivity index (χ2n) is 9.98. The fraction of sp³-hybridized carbons (Fsp3) is 0.321. The SMILES string of the molecule is CC1(C)CC(NC(=O)c2ccc(Oc3cccc(-c4cccnc4)c3C#N)c(Cl)c2)CC(C)(C)O1. The van der Waals surface area contributed by atoms with Crippen molar-refractivity contribution in [2.45, 2.75) is 57.8 Å². The van der Waals surface area contributed by atoms with Gasteiger partial charge in [0.15, 0.2) is 0 Å². The van der Waals surface area contributed by atoms with Gasteiger partial charge in [0.2, 0.25) is 0 Å². The van der Waals surface area contributed by atoms with E-state index in [2.05, 4.69) is 16.4 Å². The molecule has 6 nitrogen and oxygen atoms in total. The Morgan fingerprint density at radius 1 is 1.11 bits per heavy atom. The summed E-state index contributed by atoms with van der Waals surface area (Å²) in [6.45, 7) is 8.15. The molecule has 1 aliphatic rings. The van der Waals surface area contributed by atoms with Gasteiger partial charge in [-0.15, -0.1) is 0 Å². The van der Waals surface area contributed by atoms with Gasteiger partial charge in [-0.3, -0.25) is 9.78 Å². The molecule has 7 heteroatoms. The van der Waals surface area contributed by atoms with Gasteiger partial charge in [-0.05, 0) is 70.9 Å². The number of amides is 1. The largest absolute Gasteiger partial charge is 0.454 e. The lowest BCUT2D eigenvalue weighted by Gasteiger charge is -2.45. The number of nitrogens with zero attached hydrogens (tertiary/aromatic N) is 2. The van der Waals surface area contributed by atoms with Crippen LogP contribution in [0.15, 0.2) is 60.9 Å². The zero-order chi connectivity index (χ0) is 25.2. The molecule has 0 saturated carbocycles. The molecule has 3 aromatic rings. The van der Waals surface area contributed by atoms with Crippen molar-refractivity contribution < 1.29 is 14.3 Å². The molecule has 0 aliphatic carbocycles. The van der Waals surface area contributed by atoms with E-state index in [4.69, 9.17) is 21.1 Å². The number of carbonyl (C=O) groups is 1. The molecular formula is C28H28ClN3O3. The van der Waals surface area contributed by atoms with Crippen molar-refractivity contribution in [2.75, 3.05) is 0 Å². The molecule has 2 heterocycles. The van der Waals surface area contributed by atoms with E-state index in [1.165, 1.54) is 0 Å². The molecule has 1 amide bonds. The molecule has 1 N–H and O–H groups in total. The molecule has 0 radical (unpaired) electrons. The number of benzene rings is 2. The van der Waals surface area contributed by atoms with E-state index in [0.29, 0.717) is 28.2 Å². The number of halogens is 1. The van der Waals surface area contributed by atoms with Crippen LogP contribution in [0, 0.1) is 11.3 Å². The zero-order valence-electron chi connectivity index (χ0n) is 20.3. The van der Waals surface area contributed by atoms with Crippen molar-refractivity contribution in [3.05, 3.63) is 77.1 Å². The summed E-state index contributed by atoms with van der Waals surface area (Å²) < 4.78 is 12.1. The van der Waals surface area contributed by atoms with Gasteiger partial charge in [0.1, 0.15) is 23.1 Å². The maximum atomic E-state index is 13.0. The van der Waals surface area contributed by atoms with Gasteiger partial charge in [0.25, 0.3) is 5.91 Å². The van der Waals surface area contributed by atoms with E-state index in [1.807, 2.05) is 52.0 Å². The first kappa shape index (κ1) is 24.7. The first-order chi connectivity index (χ1) is 16.6. The molecule has 180 valence electrons. The van der Waals surface area contributed by atoms with Crippen molar-refractivity contribution in [3.63, 3.8) is 0 Å². The highest BCUT2D eigenvalue weighted by Crippen LogP contribution is 2.37. The third kappa shape index (κ3) is 5.82. The summed E-state index contributed by atoms with van der Waals surface area (Å²) in [4.78, 5) is 17.1. The fourth-order valence-electron chi connectivity index (χ4n) is 4.80. The molecule has 2 aromatic carbocycles. The van der Waals surface area contributed by atoms with Crippen LogP contribution in [0.5, 0.6) is 11.5 Å². The maximum absolute atomic E-state index is 13.0. The van der Waals surface area contributed by atoms with Crippen LogP contribution in [-0.2, 0) is 4.74 Å². The Hall–Kier alpha value is -3.40. The van der Waals surface area contributed by atoms with Crippen LogP contribution in [0.4, 0.5) is 0 Å². The van der Waals surface area contributed by atoms with E-state index in [0.717, 1.165) is 18.4 Å². The van der Waals surface area contributed by atoms with Gasteiger partial charge in [0, 0.05) is 35.1 Å². The monoisotopic (exact) mass is 489 g/mol. The fourth-order valence-corrected chi connectivity index (χ4v) is 5.02. The minimum absolute atomic E-state index is 0.00986. The molecule has 0 atom stereocenters. The van der Waals surface area contributed by atoms with Crippen molar-refractivity contribution in [1.29, 1.82) is 5.26 Å². The molecule has 4 rings (SSSR count). The molecule has 1 aliphatic heterocycles. The number of hydrogen-bond donors (Lipinski definition) is 1. The Morgan fingerprint density at radius 3 is 2.49 bits per heavy atom. The van der Waals surface area contributed by atoms with Crippen LogP contribution in [0.3, 0.4) is 0 Å².